The number of nitriles is 1. The molecule has 1 aliphatic rings. The lowest BCUT2D eigenvalue weighted by Crippen LogP contribution is -2.50. The van der Waals surface area contributed by atoms with E-state index in [4.69, 9.17) is 0 Å². The molecule has 2 rings (SSSR count). The molecule has 0 bridgehead atoms. The van der Waals surface area contributed by atoms with Gasteiger partial charge in [0, 0.05) is 13.1 Å². The normalized spacial score (nSPS) is 19.0. The molecule has 0 amide bonds. The standard InChI is InChI=1S/C16H23N3/c1-3-18-16(2,12-17)13-19-10-6-9-14-7-4-5-8-15(14)11-19/h4-5,7-8,18H,3,6,9-11,13H2,1-2H3. The molecule has 1 heterocycles. The van der Waals surface area contributed by atoms with Crippen LogP contribution in [0.25, 0.3) is 0 Å². The number of hydrogen-bond donors (Lipinski definition) is 1. The lowest BCUT2D eigenvalue weighted by atomic mass is 10.0. The van der Waals surface area contributed by atoms with Crippen LogP contribution in [0.5, 0.6) is 0 Å². The van der Waals surface area contributed by atoms with E-state index in [0.29, 0.717) is 0 Å². The summed E-state index contributed by atoms with van der Waals surface area (Å²) in [4.78, 5) is 2.40. The second-order valence-electron chi connectivity index (χ2n) is 5.56. The molecule has 1 unspecified atom stereocenters. The number of fused-ring (bicyclic) bond motifs is 1. The van der Waals surface area contributed by atoms with E-state index in [-0.39, 0.29) is 0 Å². The maximum atomic E-state index is 9.37. The Bertz CT molecular complexity index is 463. The molecule has 0 spiro atoms. The Balaban J connectivity index is 2.09. The van der Waals surface area contributed by atoms with Gasteiger partial charge in [-0.25, -0.2) is 0 Å². The van der Waals surface area contributed by atoms with Gasteiger partial charge in [0.1, 0.15) is 5.54 Å². The fraction of sp³-hybridized carbons (Fsp3) is 0.562. The van der Waals surface area contributed by atoms with Crippen molar-refractivity contribution in [3.05, 3.63) is 35.4 Å². The van der Waals surface area contributed by atoms with Crippen LogP contribution in [0, 0.1) is 11.3 Å². The topological polar surface area (TPSA) is 39.1 Å². The molecule has 0 saturated carbocycles. The molecule has 1 aliphatic heterocycles. The highest BCUT2D eigenvalue weighted by Crippen LogP contribution is 2.19. The number of likely N-dealkylation sites (N-methyl/N-ethyl adjacent to an activating group) is 1. The first-order valence-corrected chi connectivity index (χ1v) is 7.12. The Kier molecular flexibility index (Phi) is 4.57. The van der Waals surface area contributed by atoms with E-state index in [1.165, 1.54) is 17.5 Å². The summed E-state index contributed by atoms with van der Waals surface area (Å²) in [5.41, 5.74) is 2.43. The second-order valence-corrected chi connectivity index (χ2v) is 5.56. The summed E-state index contributed by atoms with van der Waals surface area (Å²) in [6, 6.07) is 11.1. The van der Waals surface area contributed by atoms with Gasteiger partial charge in [-0.2, -0.15) is 5.26 Å². The first-order chi connectivity index (χ1) is 9.17. The summed E-state index contributed by atoms with van der Waals surface area (Å²) in [5, 5.41) is 12.7. The van der Waals surface area contributed by atoms with Gasteiger partial charge >= 0.3 is 0 Å². The molecule has 1 N–H and O–H groups in total. The molecule has 1 atom stereocenters. The summed E-state index contributed by atoms with van der Waals surface area (Å²) in [6.07, 6.45) is 2.32. The molecular formula is C16H23N3. The van der Waals surface area contributed by atoms with Gasteiger partial charge in [-0.1, -0.05) is 31.2 Å². The van der Waals surface area contributed by atoms with E-state index < -0.39 is 5.54 Å². The summed E-state index contributed by atoms with van der Waals surface area (Å²) in [5.74, 6) is 0. The minimum Gasteiger partial charge on any atom is -0.299 e. The zero-order valence-corrected chi connectivity index (χ0v) is 11.9. The van der Waals surface area contributed by atoms with Crippen LogP contribution in [0.4, 0.5) is 0 Å². The van der Waals surface area contributed by atoms with Crippen molar-refractivity contribution in [2.75, 3.05) is 19.6 Å². The Labute approximate surface area is 116 Å². The lowest BCUT2D eigenvalue weighted by molar-refractivity contribution is 0.216. The van der Waals surface area contributed by atoms with Crippen molar-refractivity contribution in [2.24, 2.45) is 0 Å². The first kappa shape index (κ1) is 14.0. The maximum absolute atomic E-state index is 9.37. The molecule has 1 aromatic carbocycles. The first-order valence-electron chi connectivity index (χ1n) is 7.12. The fourth-order valence-electron chi connectivity index (χ4n) is 2.87. The third kappa shape index (κ3) is 3.56. The van der Waals surface area contributed by atoms with Crippen LogP contribution in [-0.4, -0.2) is 30.1 Å². The third-order valence-corrected chi connectivity index (χ3v) is 3.79. The highest BCUT2D eigenvalue weighted by Gasteiger charge is 2.26. The molecule has 0 aromatic heterocycles. The highest BCUT2D eigenvalue weighted by atomic mass is 15.2. The van der Waals surface area contributed by atoms with Crippen molar-refractivity contribution in [1.29, 1.82) is 5.26 Å². The molecule has 102 valence electrons. The molecule has 1 aromatic rings. The van der Waals surface area contributed by atoms with Gasteiger partial charge in [-0.15, -0.1) is 0 Å². The van der Waals surface area contributed by atoms with Gasteiger partial charge in [0.2, 0.25) is 0 Å². The SMILES string of the molecule is CCNC(C)(C#N)CN1CCCc2ccccc2C1. The van der Waals surface area contributed by atoms with E-state index in [9.17, 15) is 5.26 Å². The van der Waals surface area contributed by atoms with Gasteiger partial charge in [0.15, 0.2) is 0 Å². The van der Waals surface area contributed by atoms with Crippen LogP contribution in [0.15, 0.2) is 24.3 Å². The minimum absolute atomic E-state index is 0.450. The zero-order chi connectivity index (χ0) is 13.7. The van der Waals surface area contributed by atoms with Crippen molar-refractivity contribution in [3.63, 3.8) is 0 Å². The number of nitrogens with zero attached hydrogens (tertiary/aromatic N) is 2. The third-order valence-electron chi connectivity index (χ3n) is 3.79. The lowest BCUT2D eigenvalue weighted by Gasteiger charge is -2.30. The predicted molar refractivity (Wildman–Crippen MR) is 77.7 cm³/mol. The number of rotatable bonds is 4. The average molecular weight is 257 g/mol. The molecule has 0 radical (unpaired) electrons. The summed E-state index contributed by atoms with van der Waals surface area (Å²) >= 11 is 0. The van der Waals surface area contributed by atoms with E-state index in [2.05, 4.69) is 40.6 Å². The Morgan fingerprint density at radius 2 is 2.11 bits per heavy atom. The molecule has 19 heavy (non-hydrogen) atoms. The smallest absolute Gasteiger partial charge is 0.116 e. The van der Waals surface area contributed by atoms with Crippen LogP contribution in [-0.2, 0) is 13.0 Å². The highest BCUT2D eigenvalue weighted by molar-refractivity contribution is 5.28. The van der Waals surface area contributed by atoms with Crippen molar-refractivity contribution in [2.45, 2.75) is 38.8 Å². The Morgan fingerprint density at radius 3 is 2.79 bits per heavy atom. The maximum Gasteiger partial charge on any atom is 0.116 e. The van der Waals surface area contributed by atoms with E-state index >= 15 is 0 Å². The van der Waals surface area contributed by atoms with E-state index in [1.54, 1.807) is 0 Å². The van der Waals surface area contributed by atoms with Crippen LogP contribution in [0.2, 0.25) is 0 Å². The van der Waals surface area contributed by atoms with E-state index in [0.717, 1.165) is 32.6 Å². The Morgan fingerprint density at radius 1 is 1.37 bits per heavy atom. The molecule has 0 saturated heterocycles. The Hall–Kier alpha value is -1.37. The predicted octanol–water partition coefficient (Wildman–Crippen LogP) is 2.33. The van der Waals surface area contributed by atoms with Crippen LogP contribution < -0.4 is 5.32 Å². The van der Waals surface area contributed by atoms with Crippen LogP contribution in [0.1, 0.15) is 31.4 Å². The van der Waals surface area contributed by atoms with Gasteiger partial charge < -0.3 is 0 Å². The number of aryl methyl sites for hydroxylation is 1. The van der Waals surface area contributed by atoms with Crippen LogP contribution in [0.3, 0.4) is 0 Å². The number of hydrogen-bond acceptors (Lipinski definition) is 3. The number of benzene rings is 1. The largest absolute Gasteiger partial charge is 0.299 e. The van der Waals surface area contributed by atoms with Crippen molar-refractivity contribution in [1.82, 2.24) is 10.2 Å². The van der Waals surface area contributed by atoms with Crippen LogP contribution >= 0.6 is 0 Å². The molecule has 0 aliphatic carbocycles. The second kappa shape index (κ2) is 6.18. The molecule has 3 heteroatoms. The van der Waals surface area contributed by atoms with Crippen molar-refractivity contribution >= 4 is 0 Å². The van der Waals surface area contributed by atoms with Gasteiger partial charge in [-0.05, 0) is 44.0 Å². The van der Waals surface area contributed by atoms with Gasteiger partial charge in [-0.3, -0.25) is 10.2 Å². The quantitative estimate of drug-likeness (QED) is 0.899. The van der Waals surface area contributed by atoms with E-state index in [1.807, 2.05) is 13.8 Å². The molecule has 3 nitrogen and oxygen atoms in total. The summed E-state index contributed by atoms with van der Waals surface area (Å²) in [7, 11) is 0. The summed E-state index contributed by atoms with van der Waals surface area (Å²) < 4.78 is 0. The molecule has 0 fully saturated rings. The number of nitrogens with one attached hydrogen (secondary N) is 1. The summed E-state index contributed by atoms with van der Waals surface area (Å²) in [6.45, 7) is 7.68. The fourth-order valence-corrected chi connectivity index (χ4v) is 2.87. The van der Waals surface area contributed by atoms with Crippen molar-refractivity contribution < 1.29 is 0 Å². The molecular weight excluding hydrogens is 234 g/mol. The van der Waals surface area contributed by atoms with Gasteiger partial charge in [0.05, 0.1) is 6.07 Å². The van der Waals surface area contributed by atoms with Gasteiger partial charge in [0.25, 0.3) is 0 Å². The minimum atomic E-state index is -0.450. The van der Waals surface area contributed by atoms with Crippen molar-refractivity contribution in [3.8, 4) is 6.07 Å². The average Bonchev–Trinajstić information content (AvgIpc) is 2.60. The zero-order valence-electron chi connectivity index (χ0n) is 11.9. The monoisotopic (exact) mass is 257 g/mol.